The number of sulfonamides is 1. The summed E-state index contributed by atoms with van der Waals surface area (Å²) in [4.78, 5) is 13.9. The van der Waals surface area contributed by atoms with Gasteiger partial charge in [0.25, 0.3) is 0 Å². The van der Waals surface area contributed by atoms with Gasteiger partial charge in [0.1, 0.15) is 16.4 Å². The monoisotopic (exact) mass is 426 g/mol. The van der Waals surface area contributed by atoms with E-state index in [1.807, 2.05) is 0 Å². The van der Waals surface area contributed by atoms with Crippen LogP contribution in [0.1, 0.15) is 23.1 Å². The van der Waals surface area contributed by atoms with Crippen LogP contribution in [0.15, 0.2) is 39.6 Å². The molecule has 152 valence electrons. The van der Waals surface area contributed by atoms with Gasteiger partial charge in [-0.25, -0.2) is 18.6 Å². The molecule has 1 saturated heterocycles. The van der Waals surface area contributed by atoms with Crippen molar-refractivity contribution in [3.63, 3.8) is 0 Å². The van der Waals surface area contributed by atoms with E-state index in [0.717, 1.165) is 0 Å². The van der Waals surface area contributed by atoms with E-state index in [-0.39, 0.29) is 23.1 Å². The topological polar surface area (TPSA) is 104 Å². The molecule has 2 heterocycles. The van der Waals surface area contributed by atoms with Gasteiger partial charge in [0.15, 0.2) is 0 Å². The lowest BCUT2D eigenvalue weighted by Crippen LogP contribution is -2.34. The molecule has 1 aromatic heterocycles. The highest BCUT2D eigenvalue weighted by Crippen LogP contribution is 2.31. The predicted molar refractivity (Wildman–Crippen MR) is 105 cm³/mol. The summed E-state index contributed by atoms with van der Waals surface area (Å²) in [6.07, 6.45) is 0. The molecule has 3 N–H and O–H groups in total. The highest BCUT2D eigenvalue weighted by Gasteiger charge is 2.38. The number of benzene rings is 1. The maximum atomic E-state index is 12.8. The molecule has 2 unspecified atom stereocenters. The summed E-state index contributed by atoms with van der Waals surface area (Å²) >= 11 is 6.09. The molecular formula is C18H23ClN4O4S. The lowest BCUT2D eigenvalue weighted by atomic mass is 9.98. The Morgan fingerprint density at radius 2 is 2.07 bits per heavy atom. The molecule has 0 saturated carbocycles. The minimum absolute atomic E-state index is 0.0410. The van der Waals surface area contributed by atoms with Crippen LogP contribution < -0.4 is 15.6 Å². The molecule has 8 nitrogen and oxygen atoms in total. The normalized spacial score (nSPS) is 19.7. The summed E-state index contributed by atoms with van der Waals surface area (Å²) in [6, 6.07) is 8.03. The van der Waals surface area contributed by atoms with Crippen molar-refractivity contribution in [2.75, 3.05) is 20.6 Å². The van der Waals surface area contributed by atoms with Crippen molar-refractivity contribution < 1.29 is 17.6 Å². The number of nitrogens with zero attached hydrogens (tertiary/aromatic N) is 1. The molecule has 3 rings (SSSR count). The van der Waals surface area contributed by atoms with E-state index in [9.17, 15) is 13.2 Å². The van der Waals surface area contributed by atoms with Crippen molar-refractivity contribution in [3.05, 3.63) is 52.4 Å². The van der Waals surface area contributed by atoms with Crippen LogP contribution >= 0.6 is 11.6 Å². The fourth-order valence-electron chi connectivity index (χ4n) is 3.13. The molecule has 10 heteroatoms. The third kappa shape index (κ3) is 4.23. The molecule has 1 amide bonds. The maximum Gasteiger partial charge on any atom is 0.244 e. The van der Waals surface area contributed by atoms with Gasteiger partial charge in [-0.2, -0.15) is 0 Å². The van der Waals surface area contributed by atoms with Gasteiger partial charge in [-0.05, 0) is 18.6 Å². The number of rotatable bonds is 6. The van der Waals surface area contributed by atoms with E-state index in [4.69, 9.17) is 16.0 Å². The van der Waals surface area contributed by atoms with E-state index >= 15 is 0 Å². The lowest BCUT2D eigenvalue weighted by molar-refractivity contribution is -0.133. The minimum Gasteiger partial charge on any atom is -0.463 e. The van der Waals surface area contributed by atoms with Gasteiger partial charge in [0.05, 0.1) is 12.0 Å². The maximum absolute atomic E-state index is 12.8. The van der Waals surface area contributed by atoms with Crippen molar-refractivity contribution in [2.45, 2.75) is 24.4 Å². The van der Waals surface area contributed by atoms with Gasteiger partial charge in [0.2, 0.25) is 15.9 Å². The zero-order valence-corrected chi connectivity index (χ0v) is 17.4. The first-order valence-electron chi connectivity index (χ1n) is 8.73. The number of aryl methyl sites for hydroxylation is 1. The van der Waals surface area contributed by atoms with Gasteiger partial charge in [-0.1, -0.05) is 29.8 Å². The summed E-state index contributed by atoms with van der Waals surface area (Å²) in [5.74, 6) is 0.178. The number of nitrogens with one attached hydrogen (secondary N) is 3. The highest BCUT2D eigenvalue weighted by atomic mass is 35.5. The molecular weight excluding hydrogens is 404 g/mol. The third-order valence-electron chi connectivity index (χ3n) is 4.64. The fraction of sp³-hybridized carbons (Fsp3) is 0.389. The first kappa shape index (κ1) is 20.8. The Bertz CT molecular complexity index is 974. The Morgan fingerprint density at radius 1 is 1.36 bits per heavy atom. The molecule has 0 aliphatic carbocycles. The number of hydrogen-bond acceptors (Lipinski definition) is 6. The van der Waals surface area contributed by atoms with E-state index in [0.29, 0.717) is 22.9 Å². The van der Waals surface area contributed by atoms with Crippen LogP contribution in [0.2, 0.25) is 5.02 Å². The number of halogens is 1. The first-order valence-corrected chi connectivity index (χ1v) is 10.6. The van der Waals surface area contributed by atoms with Crippen LogP contribution in [0.4, 0.5) is 0 Å². The van der Waals surface area contributed by atoms with Crippen LogP contribution in [-0.4, -0.2) is 39.9 Å². The molecule has 2 atom stereocenters. The van der Waals surface area contributed by atoms with E-state index in [1.54, 1.807) is 45.3 Å². The number of hydrogen-bond donors (Lipinski definition) is 3. The van der Waals surface area contributed by atoms with E-state index in [1.165, 1.54) is 11.0 Å². The van der Waals surface area contributed by atoms with Crippen LogP contribution in [0, 0.1) is 12.8 Å². The summed E-state index contributed by atoms with van der Waals surface area (Å²) < 4.78 is 33.8. The average Bonchev–Trinajstić information content (AvgIpc) is 3.27. The van der Waals surface area contributed by atoms with Gasteiger partial charge < -0.3 is 9.32 Å². The molecule has 1 aromatic carbocycles. The molecule has 2 aromatic rings. The second-order valence-electron chi connectivity index (χ2n) is 6.83. The van der Waals surface area contributed by atoms with Crippen molar-refractivity contribution in [1.29, 1.82) is 0 Å². The molecule has 1 aliphatic heterocycles. The Balaban J connectivity index is 1.81. The Hall–Kier alpha value is -1.91. The summed E-state index contributed by atoms with van der Waals surface area (Å²) in [7, 11) is -0.454. The fourth-order valence-corrected chi connectivity index (χ4v) is 4.52. The number of furan rings is 1. The molecule has 0 bridgehead atoms. The number of hydrazine groups is 1. The lowest BCUT2D eigenvalue weighted by Gasteiger charge is -2.19. The smallest absolute Gasteiger partial charge is 0.244 e. The highest BCUT2D eigenvalue weighted by molar-refractivity contribution is 7.89. The zero-order chi connectivity index (χ0) is 20.5. The molecule has 0 radical (unpaired) electrons. The molecule has 28 heavy (non-hydrogen) atoms. The Kier molecular flexibility index (Phi) is 6.11. The zero-order valence-electron chi connectivity index (χ0n) is 15.8. The summed E-state index contributed by atoms with van der Waals surface area (Å²) in [5.41, 5.74) is 6.61. The predicted octanol–water partition coefficient (Wildman–Crippen LogP) is 1.57. The van der Waals surface area contributed by atoms with Gasteiger partial charge in [0, 0.05) is 38.3 Å². The van der Waals surface area contributed by atoms with Crippen LogP contribution in [0.25, 0.3) is 0 Å². The van der Waals surface area contributed by atoms with Crippen molar-refractivity contribution in [2.24, 2.45) is 5.92 Å². The van der Waals surface area contributed by atoms with E-state index < -0.39 is 22.0 Å². The largest absolute Gasteiger partial charge is 0.463 e. The van der Waals surface area contributed by atoms with Gasteiger partial charge >= 0.3 is 0 Å². The first-order chi connectivity index (χ1) is 13.2. The van der Waals surface area contributed by atoms with E-state index in [2.05, 4.69) is 15.6 Å². The molecule has 1 aliphatic rings. The summed E-state index contributed by atoms with van der Waals surface area (Å²) in [6.45, 7) is 2.07. The quantitative estimate of drug-likeness (QED) is 0.647. The number of carbonyl (C=O) groups excluding carboxylic acids is 1. The number of carbonyl (C=O) groups is 1. The van der Waals surface area contributed by atoms with Crippen molar-refractivity contribution in [1.82, 2.24) is 20.5 Å². The average molecular weight is 427 g/mol. The molecule has 1 fully saturated rings. The second kappa shape index (κ2) is 8.22. The van der Waals surface area contributed by atoms with Crippen LogP contribution in [0.3, 0.4) is 0 Å². The third-order valence-corrected chi connectivity index (χ3v) is 6.52. The number of amides is 1. The minimum atomic E-state index is -3.81. The standard InChI is InChI=1S/C18H23ClN4O4S/c1-11-16(28(25,26)21-9-12-6-4-5-7-14(12)19)8-15(27-11)17-13(10-20-22-17)18(24)23(2)3/h4-8,13,17,20-22H,9-10H2,1-3H3. The Labute approximate surface area is 169 Å². The Morgan fingerprint density at radius 3 is 2.75 bits per heavy atom. The molecule has 0 spiro atoms. The van der Waals surface area contributed by atoms with Crippen molar-refractivity contribution in [3.8, 4) is 0 Å². The summed E-state index contributed by atoms with van der Waals surface area (Å²) in [5, 5.41) is 0.487. The van der Waals surface area contributed by atoms with Gasteiger partial charge in [-0.15, -0.1) is 0 Å². The second-order valence-corrected chi connectivity index (χ2v) is 8.97. The van der Waals surface area contributed by atoms with Crippen LogP contribution in [-0.2, 0) is 21.4 Å². The van der Waals surface area contributed by atoms with Crippen LogP contribution in [0.5, 0.6) is 0 Å². The van der Waals surface area contributed by atoms with Crippen molar-refractivity contribution >= 4 is 27.5 Å². The SMILES string of the molecule is Cc1oc(C2NNCC2C(=O)N(C)C)cc1S(=O)(=O)NCc1ccccc1Cl. The van der Waals surface area contributed by atoms with Gasteiger partial charge in [-0.3, -0.25) is 10.2 Å².